The summed E-state index contributed by atoms with van der Waals surface area (Å²) in [5.74, 6) is -3.53. The molecule has 1 aliphatic rings. The van der Waals surface area contributed by atoms with Crippen molar-refractivity contribution in [2.45, 2.75) is 19.3 Å². The Bertz CT molecular complexity index is 932. The summed E-state index contributed by atoms with van der Waals surface area (Å²) >= 11 is 1.31. The molecule has 3 N–H and O–H groups in total. The quantitative estimate of drug-likeness (QED) is 0.313. The van der Waals surface area contributed by atoms with Crippen LogP contribution in [0.2, 0.25) is 0 Å². The van der Waals surface area contributed by atoms with Gasteiger partial charge in [-0.15, -0.1) is 0 Å². The lowest BCUT2D eigenvalue weighted by Gasteiger charge is -2.43. The normalized spacial score (nSPS) is 21.2. The fourth-order valence-corrected chi connectivity index (χ4v) is 3.82. The Morgan fingerprint density at radius 3 is 2.90 bits per heavy atom. The van der Waals surface area contributed by atoms with Crippen molar-refractivity contribution in [3.8, 4) is 11.3 Å². The molecule has 3 heterocycles. The van der Waals surface area contributed by atoms with Crippen LogP contribution >= 0.6 is 11.9 Å². The van der Waals surface area contributed by atoms with E-state index in [-0.39, 0.29) is 19.6 Å². The van der Waals surface area contributed by atoms with Crippen LogP contribution in [0.4, 0.5) is 23.4 Å². The lowest BCUT2D eigenvalue weighted by Crippen LogP contribution is -2.55. The second kappa shape index (κ2) is 9.82. The lowest BCUT2D eigenvalue weighted by atomic mass is 9.86. The van der Waals surface area contributed by atoms with Crippen molar-refractivity contribution in [3.63, 3.8) is 0 Å². The number of alkyl halides is 4. The first kappa shape index (κ1) is 23.3. The van der Waals surface area contributed by atoms with Crippen molar-refractivity contribution in [3.05, 3.63) is 36.4 Å². The Morgan fingerprint density at radius 1 is 1.42 bits per heavy atom. The number of hydrogen-bond acceptors (Lipinski definition) is 6. The van der Waals surface area contributed by atoms with Gasteiger partial charge < -0.3 is 9.88 Å². The molecular formula is C20H24F4N6S. The van der Waals surface area contributed by atoms with E-state index in [9.17, 15) is 17.6 Å². The molecule has 0 amide bonds. The number of aromatic amines is 1. The van der Waals surface area contributed by atoms with Gasteiger partial charge in [-0.05, 0) is 30.5 Å². The zero-order chi connectivity index (χ0) is 22.6. The molecule has 0 spiro atoms. The van der Waals surface area contributed by atoms with Crippen LogP contribution in [-0.4, -0.2) is 58.9 Å². The smallest absolute Gasteiger partial charge is 0.279 e. The number of allylic oxidation sites excluding steroid dienone is 1. The van der Waals surface area contributed by atoms with Gasteiger partial charge in [-0.3, -0.25) is 10.1 Å². The van der Waals surface area contributed by atoms with E-state index in [2.05, 4.69) is 19.7 Å². The molecule has 168 valence electrons. The maximum atomic E-state index is 14.6. The summed E-state index contributed by atoms with van der Waals surface area (Å²) in [7, 11) is 0. The van der Waals surface area contributed by atoms with E-state index in [0.717, 1.165) is 11.6 Å². The molecule has 3 rings (SSSR count). The van der Waals surface area contributed by atoms with E-state index in [4.69, 9.17) is 5.41 Å². The van der Waals surface area contributed by atoms with Gasteiger partial charge in [0.15, 0.2) is 0 Å². The van der Waals surface area contributed by atoms with Crippen LogP contribution in [0.15, 0.2) is 30.6 Å². The number of nitrogens with one attached hydrogen (secondary N) is 3. The fourth-order valence-electron chi connectivity index (χ4n) is 3.46. The van der Waals surface area contributed by atoms with Crippen LogP contribution in [0.1, 0.15) is 12.7 Å². The largest absolute Gasteiger partial charge is 0.356 e. The minimum Gasteiger partial charge on any atom is -0.356 e. The summed E-state index contributed by atoms with van der Waals surface area (Å²) in [6.45, 7) is 2.10. The van der Waals surface area contributed by atoms with Crippen molar-refractivity contribution < 1.29 is 17.6 Å². The van der Waals surface area contributed by atoms with Crippen molar-refractivity contribution in [2.24, 2.45) is 11.8 Å². The van der Waals surface area contributed by atoms with Crippen molar-refractivity contribution in [2.75, 3.05) is 30.8 Å². The summed E-state index contributed by atoms with van der Waals surface area (Å²) in [6, 6.07) is 3.54. The monoisotopic (exact) mass is 456 g/mol. The molecule has 2 unspecified atom stereocenters. The third-order valence-electron chi connectivity index (χ3n) is 5.24. The van der Waals surface area contributed by atoms with Gasteiger partial charge in [0, 0.05) is 37.3 Å². The standard InChI is InChI=1S/C20H24F4N6S/c1-12-10-30(11-14(8-28-31-2)20(12,23)24)18-7-13(5-6-26-18)16-9-27-17(29-16)4-3-15(25)19(21)22/h3-7,9,12,14,19,25,28H,8,10-11H2,1-2H3,(H,27,29)/b4-3-,25-15?. The highest BCUT2D eigenvalue weighted by atomic mass is 32.2. The Morgan fingerprint density at radius 2 is 2.19 bits per heavy atom. The Labute approximate surface area is 182 Å². The molecule has 0 saturated carbocycles. The van der Waals surface area contributed by atoms with E-state index in [1.54, 1.807) is 37.7 Å². The first-order chi connectivity index (χ1) is 14.7. The van der Waals surface area contributed by atoms with Crippen LogP contribution in [0, 0.1) is 17.2 Å². The second-order valence-electron chi connectivity index (χ2n) is 7.40. The predicted octanol–water partition coefficient (Wildman–Crippen LogP) is 4.34. The van der Waals surface area contributed by atoms with Crippen LogP contribution in [0.5, 0.6) is 0 Å². The van der Waals surface area contributed by atoms with Crippen LogP contribution in [0.3, 0.4) is 0 Å². The van der Waals surface area contributed by atoms with Gasteiger partial charge in [-0.25, -0.2) is 27.5 Å². The topological polar surface area (TPSA) is 80.7 Å². The molecule has 6 nitrogen and oxygen atoms in total. The van der Waals surface area contributed by atoms with Crippen molar-refractivity contribution in [1.29, 1.82) is 5.41 Å². The summed E-state index contributed by atoms with van der Waals surface area (Å²) in [4.78, 5) is 13.3. The maximum Gasteiger partial charge on any atom is 0.279 e. The number of anilines is 1. The minimum absolute atomic E-state index is 0.175. The molecule has 2 aromatic rings. The SMILES string of the molecule is CSNCC1CN(c2cc(-c3cnc(/C=C\C(=N)C(F)F)[nH]3)ccn2)CC(C)C1(F)F. The molecule has 2 aromatic heterocycles. The van der Waals surface area contributed by atoms with Gasteiger partial charge in [-0.2, -0.15) is 0 Å². The number of rotatable bonds is 8. The summed E-state index contributed by atoms with van der Waals surface area (Å²) in [6.07, 6.45) is 4.39. The van der Waals surface area contributed by atoms with Gasteiger partial charge in [0.1, 0.15) is 11.6 Å². The molecule has 1 fully saturated rings. The average Bonchev–Trinajstić information content (AvgIpc) is 3.22. The highest BCUT2D eigenvalue weighted by Crippen LogP contribution is 2.39. The third kappa shape index (κ3) is 5.45. The molecule has 2 atom stereocenters. The van der Waals surface area contributed by atoms with Crippen LogP contribution in [-0.2, 0) is 0 Å². The summed E-state index contributed by atoms with van der Waals surface area (Å²) in [5, 5.41) is 7.16. The minimum atomic E-state index is -2.84. The highest BCUT2D eigenvalue weighted by molar-refractivity contribution is 7.96. The molecule has 0 aromatic carbocycles. The van der Waals surface area contributed by atoms with Gasteiger partial charge in [0.05, 0.1) is 23.5 Å². The molecule has 31 heavy (non-hydrogen) atoms. The van der Waals surface area contributed by atoms with Gasteiger partial charge in [-0.1, -0.05) is 18.9 Å². The highest BCUT2D eigenvalue weighted by Gasteiger charge is 2.49. The van der Waals surface area contributed by atoms with Crippen LogP contribution in [0.25, 0.3) is 17.3 Å². The zero-order valence-electron chi connectivity index (χ0n) is 17.1. The number of hydrogen-bond donors (Lipinski definition) is 3. The molecule has 0 bridgehead atoms. The zero-order valence-corrected chi connectivity index (χ0v) is 17.9. The third-order valence-corrected chi connectivity index (χ3v) is 5.70. The summed E-state index contributed by atoms with van der Waals surface area (Å²) in [5.41, 5.74) is 0.568. The molecule has 0 radical (unpaired) electrons. The molecule has 11 heteroatoms. The Hall–Kier alpha value is -2.40. The van der Waals surface area contributed by atoms with E-state index in [1.165, 1.54) is 18.0 Å². The number of piperidine rings is 1. The number of H-pyrrole nitrogens is 1. The van der Waals surface area contributed by atoms with Crippen molar-refractivity contribution in [1.82, 2.24) is 19.7 Å². The van der Waals surface area contributed by atoms with Gasteiger partial charge in [0.25, 0.3) is 12.3 Å². The van der Waals surface area contributed by atoms with E-state index in [0.29, 0.717) is 17.3 Å². The number of aromatic nitrogens is 3. The fraction of sp³-hybridized carbons (Fsp3) is 0.450. The van der Waals surface area contributed by atoms with Crippen molar-refractivity contribution >= 4 is 29.6 Å². The number of imidazole rings is 1. The number of pyridine rings is 1. The van der Waals surface area contributed by atoms with Gasteiger partial charge >= 0.3 is 0 Å². The van der Waals surface area contributed by atoms with E-state index < -0.39 is 29.9 Å². The molecule has 1 saturated heterocycles. The van der Waals surface area contributed by atoms with E-state index >= 15 is 0 Å². The second-order valence-corrected chi connectivity index (χ2v) is 8.10. The first-order valence-electron chi connectivity index (χ1n) is 9.67. The first-order valence-corrected chi connectivity index (χ1v) is 10.9. The summed E-state index contributed by atoms with van der Waals surface area (Å²) < 4.78 is 57.0. The van der Waals surface area contributed by atoms with E-state index in [1.807, 2.05) is 4.90 Å². The molecule has 1 aliphatic heterocycles. The predicted molar refractivity (Wildman–Crippen MR) is 116 cm³/mol. The number of nitrogens with zero attached hydrogens (tertiary/aromatic N) is 3. The lowest BCUT2D eigenvalue weighted by molar-refractivity contribution is -0.108. The Kier molecular flexibility index (Phi) is 7.37. The average molecular weight is 457 g/mol. The maximum absolute atomic E-state index is 14.6. The molecular weight excluding hydrogens is 432 g/mol. The van der Waals surface area contributed by atoms with Gasteiger partial charge in [0.2, 0.25) is 0 Å². The van der Waals surface area contributed by atoms with Crippen LogP contribution < -0.4 is 9.62 Å². The molecule has 0 aliphatic carbocycles. The Balaban J connectivity index is 1.78. The number of halogens is 4.